The molecule has 0 rings (SSSR count). The largest absolute Gasteiger partial charge is 0.0988 e. The van der Waals surface area contributed by atoms with Crippen LogP contribution in [0.1, 0.15) is 33.6 Å². The topological polar surface area (TPSA) is 0 Å². The van der Waals surface area contributed by atoms with Crippen LogP contribution in [0.2, 0.25) is 0 Å². The molecule has 0 aliphatic heterocycles. The fourth-order valence-corrected chi connectivity index (χ4v) is 0.429. The fourth-order valence-electron chi connectivity index (χ4n) is 0.429. The molecular formula is C13H22. The Hall–Kier alpha value is -1.04. The van der Waals surface area contributed by atoms with Crippen LogP contribution in [0, 0.1) is 0 Å². The molecule has 0 heteroatoms. The van der Waals surface area contributed by atoms with Gasteiger partial charge in [0.1, 0.15) is 0 Å². The molecule has 0 aromatic heterocycles. The molecule has 0 nitrogen and oxygen atoms in total. The van der Waals surface area contributed by atoms with Gasteiger partial charge in [-0.05, 0) is 19.8 Å². The van der Waals surface area contributed by atoms with Crippen LogP contribution in [0.3, 0.4) is 0 Å². The van der Waals surface area contributed by atoms with Gasteiger partial charge in [-0.1, -0.05) is 63.0 Å². The summed E-state index contributed by atoms with van der Waals surface area (Å²) in [5, 5.41) is 0. The summed E-state index contributed by atoms with van der Waals surface area (Å²) < 4.78 is 0. The van der Waals surface area contributed by atoms with Gasteiger partial charge >= 0.3 is 0 Å². The zero-order valence-electron chi connectivity index (χ0n) is 9.22. The second kappa shape index (κ2) is 13.5. The van der Waals surface area contributed by atoms with Gasteiger partial charge in [0.15, 0.2) is 0 Å². The van der Waals surface area contributed by atoms with Crippen molar-refractivity contribution in [3.05, 3.63) is 49.1 Å². The summed E-state index contributed by atoms with van der Waals surface area (Å²) in [6.45, 7) is 13.2. The van der Waals surface area contributed by atoms with Gasteiger partial charge in [0.05, 0.1) is 0 Å². The molecule has 0 aromatic rings. The quantitative estimate of drug-likeness (QED) is 0.549. The minimum Gasteiger partial charge on any atom is -0.0988 e. The van der Waals surface area contributed by atoms with Crippen molar-refractivity contribution >= 4 is 0 Å². The van der Waals surface area contributed by atoms with Gasteiger partial charge in [0.2, 0.25) is 0 Å². The third kappa shape index (κ3) is 24.8. The van der Waals surface area contributed by atoms with E-state index in [9.17, 15) is 0 Å². The van der Waals surface area contributed by atoms with E-state index < -0.39 is 0 Å². The molecule has 0 aromatic carbocycles. The molecule has 0 fully saturated rings. The normalized spacial score (nSPS) is 9.77. The van der Waals surface area contributed by atoms with Crippen molar-refractivity contribution < 1.29 is 0 Å². The van der Waals surface area contributed by atoms with Crippen molar-refractivity contribution in [3.8, 4) is 0 Å². The van der Waals surface area contributed by atoms with E-state index in [1.807, 2.05) is 6.92 Å². The number of allylic oxidation sites excluding steroid dienone is 6. The van der Waals surface area contributed by atoms with Gasteiger partial charge in [-0.3, -0.25) is 0 Å². The summed E-state index contributed by atoms with van der Waals surface area (Å²) >= 11 is 0. The molecule has 0 atom stereocenters. The zero-order chi connectivity index (χ0) is 10.5. The molecule has 0 aliphatic rings. The summed E-state index contributed by atoms with van der Waals surface area (Å²) in [4.78, 5) is 0. The summed E-state index contributed by atoms with van der Waals surface area (Å²) in [6, 6.07) is 0. The molecule has 0 N–H and O–H groups in total. The van der Waals surface area contributed by atoms with E-state index in [1.165, 1.54) is 0 Å². The predicted molar refractivity (Wildman–Crippen MR) is 63.9 cm³/mol. The summed E-state index contributed by atoms with van der Waals surface area (Å²) in [6.07, 6.45) is 12.5. The Morgan fingerprint density at radius 3 is 1.54 bits per heavy atom. The fraction of sp³-hybridized carbons (Fsp3) is 0.385. The van der Waals surface area contributed by atoms with Crippen LogP contribution < -0.4 is 0 Å². The molecule has 0 spiro atoms. The maximum Gasteiger partial charge on any atom is -0.0376 e. The van der Waals surface area contributed by atoms with E-state index >= 15 is 0 Å². The van der Waals surface area contributed by atoms with E-state index in [4.69, 9.17) is 0 Å². The van der Waals surface area contributed by atoms with Crippen LogP contribution in [0.5, 0.6) is 0 Å². The van der Waals surface area contributed by atoms with Crippen LogP contribution in [0.15, 0.2) is 49.1 Å². The van der Waals surface area contributed by atoms with Crippen LogP contribution in [0.4, 0.5) is 0 Å². The van der Waals surface area contributed by atoms with Crippen LogP contribution in [0.25, 0.3) is 0 Å². The van der Waals surface area contributed by atoms with E-state index in [1.54, 1.807) is 6.08 Å². The Bertz CT molecular complexity index is 158. The predicted octanol–water partition coefficient (Wildman–Crippen LogP) is 4.67. The first-order chi connectivity index (χ1) is 6.18. The first kappa shape index (κ1) is 14.5. The Kier molecular flexibility index (Phi) is 15.1. The molecule has 0 aliphatic carbocycles. The number of hydrogen-bond acceptors (Lipinski definition) is 0. The third-order valence-corrected chi connectivity index (χ3v) is 1.20. The third-order valence-electron chi connectivity index (χ3n) is 1.20. The van der Waals surface area contributed by atoms with Gasteiger partial charge in [0.25, 0.3) is 0 Å². The Morgan fingerprint density at radius 2 is 1.38 bits per heavy atom. The highest BCUT2D eigenvalue weighted by molar-refractivity contribution is 5.05. The number of hydrogen-bond donors (Lipinski definition) is 0. The minimum absolute atomic E-state index is 1.02. The monoisotopic (exact) mass is 178 g/mol. The lowest BCUT2D eigenvalue weighted by Gasteiger charge is -1.74. The van der Waals surface area contributed by atoms with Crippen molar-refractivity contribution in [2.24, 2.45) is 0 Å². The SMILES string of the molecule is C=CC(=C)C.CCC=CC=CCC. The maximum atomic E-state index is 3.56. The Balaban J connectivity index is 0. The number of rotatable bonds is 4. The minimum atomic E-state index is 1.02. The van der Waals surface area contributed by atoms with E-state index in [0.717, 1.165) is 18.4 Å². The molecule has 74 valence electrons. The van der Waals surface area contributed by atoms with Gasteiger partial charge in [0, 0.05) is 0 Å². The van der Waals surface area contributed by atoms with Gasteiger partial charge in [-0.15, -0.1) is 0 Å². The second-order valence-corrected chi connectivity index (χ2v) is 2.72. The van der Waals surface area contributed by atoms with Crippen molar-refractivity contribution in [1.82, 2.24) is 0 Å². The Labute approximate surface area is 83.4 Å². The lowest BCUT2D eigenvalue weighted by molar-refractivity contribution is 1.21. The van der Waals surface area contributed by atoms with Crippen molar-refractivity contribution in [2.45, 2.75) is 33.6 Å². The van der Waals surface area contributed by atoms with Gasteiger partial charge < -0.3 is 0 Å². The molecule has 0 amide bonds. The van der Waals surface area contributed by atoms with E-state index in [2.05, 4.69) is 51.3 Å². The average molecular weight is 178 g/mol. The summed E-state index contributed by atoms with van der Waals surface area (Å²) in [5.74, 6) is 0. The first-order valence-corrected chi connectivity index (χ1v) is 4.78. The van der Waals surface area contributed by atoms with E-state index in [-0.39, 0.29) is 0 Å². The molecule has 0 radical (unpaired) electrons. The first-order valence-electron chi connectivity index (χ1n) is 4.78. The highest BCUT2D eigenvalue weighted by atomic mass is 13.7. The van der Waals surface area contributed by atoms with Crippen LogP contribution in [-0.4, -0.2) is 0 Å². The van der Waals surface area contributed by atoms with Gasteiger partial charge in [-0.2, -0.15) is 0 Å². The zero-order valence-corrected chi connectivity index (χ0v) is 9.22. The standard InChI is InChI=1S/C8H14.C5H8/c1-3-5-7-8-6-4-2;1-4-5(2)3/h5-8H,3-4H2,1-2H3;4H,1-2H2,3H3. The Morgan fingerprint density at radius 1 is 1.08 bits per heavy atom. The second-order valence-electron chi connectivity index (χ2n) is 2.72. The van der Waals surface area contributed by atoms with Crippen molar-refractivity contribution in [3.63, 3.8) is 0 Å². The molecule has 0 saturated carbocycles. The highest BCUT2D eigenvalue weighted by Gasteiger charge is 1.62. The van der Waals surface area contributed by atoms with Crippen LogP contribution >= 0.6 is 0 Å². The molecule has 0 bridgehead atoms. The molecule has 13 heavy (non-hydrogen) atoms. The summed E-state index contributed by atoms with van der Waals surface area (Å²) in [7, 11) is 0. The van der Waals surface area contributed by atoms with E-state index in [0.29, 0.717) is 0 Å². The highest BCUT2D eigenvalue weighted by Crippen LogP contribution is 1.83. The summed E-state index contributed by atoms with van der Waals surface area (Å²) in [5.41, 5.74) is 1.02. The molecule has 0 heterocycles. The molecule has 0 saturated heterocycles. The van der Waals surface area contributed by atoms with Crippen molar-refractivity contribution in [1.29, 1.82) is 0 Å². The smallest absolute Gasteiger partial charge is 0.0376 e. The van der Waals surface area contributed by atoms with Crippen molar-refractivity contribution in [2.75, 3.05) is 0 Å². The van der Waals surface area contributed by atoms with Crippen LogP contribution in [-0.2, 0) is 0 Å². The molecular weight excluding hydrogens is 156 g/mol. The maximum absolute atomic E-state index is 3.56. The van der Waals surface area contributed by atoms with Gasteiger partial charge in [-0.25, -0.2) is 0 Å². The molecule has 0 unspecified atom stereocenters. The lowest BCUT2D eigenvalue weighted by atomic mass is 10.3. The lowest BCUT2D eigenvalue weighted by Crippen LogP contribution is -1.52. The average Bonchev–Trinajstić information content (AvgIpc) is 2.14.